The van der Waals surface area contributed by atoms with E-state index in [0.29, 0.717) is 18.3 Å². The molecule has 3 rings (SSSR count). The fourth-order valence-electron chi connectivity index (χ4n) is 3.33. The first kappa shape index (κ1) is 17.7. The fourth-order valence-corrected chi connectivity index (χ4v) is 4.05. The number of carbonyl (C=O) groups is 1. The molecule has 2 aliphatic heterocycles. The van der Waals surface area contributed by atoms with Gasteiger partial charge in [-0.1, -0.05) is 11.3 Å². The lowest BCUT2D eigenvalue weighted by Crippen LogP contribution is -2.55. The summed E-state index contributed by atoms with van der Waals surface area (Å²) in [5.41, 5.74) is -0.403. The van der Waals surface area contributed by atoms with Gasteiger partial charge in [0.05, 0.1) is 18.2 Å². The molecule has 2 aliphatic rings. The van der Waals surface area contributed by atoms with Crippen molar-refractivity contribution in [2.45, 2.75) is 44.0 Å². The summed E-state index contributed by atoms with van der Waals surface area (Å²) >= 11 is 1.31. The van der Waals surface area contributed by atoms with Gasteiger partial charge in [-0.15, -0.1) is 10.2 Å². The van der Waals surface area contributed by atoms with Gasteiger partial charge in [0.25, 0.3) is 0 Å². The maximum Gasteiger partial charge on any atom is 0.240 e. The second kappa shape index (κ2) is 7.83. The molecular formula is C15H24N4O4S. The van der Waals surface area contributed by atoms with Gasteiger partial charge in [-0.2, -0.15) is 0 Å². The van der Waals surface area contributed by atoms with Crippen LogP contribution in [0.15, 0.2) is 0 Å². The molecule has 1 spiro atoms. The van der Waals surface area contributed by atoms with Crippen LogP contribution in [0.5, 0.6) is 0 Å². The van der Waals surface area contributed by atoms with Gasteiger partial charge >= 0.3 is 0 Å². The predicted molar refractivity (Wildman–Crippen MR) is 88.8 cm³/mol. The molecule has 8 nitrogen and oxygen atoms in total. The van der Waals surface area contributed by atoms with Crippen molar-refractivity contribution in [3.63, 3.8) is 0 Å². The third-order valence-corrected chi connectivity index (χ3v) is 5.48. The molecule has 0 saturated carbocycles. The number of aliphatic hydroxyl groups excluding tert-OH is 1. The van der Waals surface area contributed by atoms with Crippen LogP contribution < -0.4 is 5.32 Å². The van der Waals surface area contributed by atoms with Crippen LogP contribution in [-0.2, 0) is 20.9 Å². The van der Waals surface area contributed by atoms with Crippen LogP contribution in [0, 0.1) is 0 Å². The maximum absolute atomic E-state index is 12.2. The molecule has 1 aromatic rings. The third kappa shape index (κ3) is 4.09. The van der Waals surface area contributed by atoms with Gasteiger partial charge in [-0.25, -0.2) is 0 Å². The molecule has 2 N–H and O–H groups in total. The summed E-state index contributed by atoms with van der Waals surface area (Å²) in [7, 11) is 1.59. The summed E-state index contributed by atoms with van der Waals surface area (Å²) in [4.78, 5) is 14.2. The Kier molecular flexibility index (Phi) is 5.77. The molecule has 1 unspecified atom stereocenters. The minimum Gasteiger partial charge on any atom is -0.390 e. The Balaban J connectivity index is 1.46. The van der Waals surface area contributed by atoms with Crippen molar-refractivity contribution < 1.29 is 19.4 Å². The molecule has 1 atom stereocenters. The number of hydrogen-bond acceptors (Lipinski definition) is 8. The van der Waals surface area contributed by atoms with Gasteiger partial charge in [-0.05, 0) is 25.7 Å². The van der Waals surface area contributed by atoms with E-state index < -0.39 is 5.60 Å². The van der Waals surface area contributed by atoms with Gasteiger partial charge in [0.1, 0.15) is 11.6 Å². The first-order chi connectivity index (χ1) is 11.6. The zero-order valence-corrected chi connectivity index (χ0v) is 14.7. The quantitative estimate of drug-likeness (QED) is 0.798. The van der Waals surface area contributed by atoms with Crippen LogP contribution in [-0.4, -0.2) is 71.2 Å². The van der Waals surface area contributed by atoms with E-state index in [1.807, 2.05) is 0 Å². The highest BCUT2D eigenvalue weighted by Gasteiger charge is 2.43. The lowest BCUT2D eigenvalue weighted by atomic mass is 9.82. The largest absolute Gasteiger partial charge is 0.390 e. The molecule has 1 amide bonds. The number of aromatic nitrogens is 2. The van der Waals surface area contributed by atoms with Gasteiger partial charge in [0, 0.05) is 26.8 Å². The molecule has 134 valence electrons. The van der Waals surface area contributed by atoms with Crippen LogP contribution in [0.3, 0.4) is 0 Å². The minimum atomic E-state index is -0.403. The second-order valence-electron chi connectivity index (χ2n) is 6.33. The maximum atomic E-state index is 12.2. The molecule has 0 aliphatic carbocycles. The number of hydrogen-bond donors (Lipinski definition) is 2. The molecule has 2 fully saturated rings. The molecule has 0 bridgehead atoms. The first-order valence-corrected chi connectivity index (χ1v) is 9.08. The van der Waals surface area contributed by atoms with Crippen molar-refractivity contribution in [1.82, 2.24) is 15.1 Å². The monoisotopic (exact) mass is 356 g/mol. The smallest absolute Gasteiger partial charge is 0.240 e. The number of aliphatic hydroxyl groups is 1. The van der Waals surface area contributed by atoms with E-state index >= 15 is 0 Å². The number of carbonyl (C=O) groups excluding carboxylic acids is 1. The second-order valence-corrected chi connectivity index (χ2v) is 7.39. The lowest BCUT2D eigenvalue weighted by molar-refractivity contribution is -0.177. The summed E-state index contributed by atoms with van der Waals surface area (Å²) in [5.74, 6) is -0.101. The van der Waals surface area contributed by atoms with Crippen LogP contribution in [0.4, 0.5) is 5.13 Å². The van der Waals surface area contributed by atoms with Crippen molar-refractivity contribution in [2.24, 2.45) is 0 Å². The number of rotatable bonds is 5. The number of nitrogens with zero attached hydrogens (tertiary/aromatic N) is 3. The summed E-state index contributed by atoms with van der Waals surface area (Å²) in [5, 5.41) is 22.1. The van der Waals surface area contributed by atoms with Gasteiger partial charge in [0.15, 0.2) is 0 Å². The van der Waals surface area contributed by atoms with E-state index in [2.05, 4.69) is 20.4 Å². The number of likely N-dealkylation sites (tertiary alicyclic amines) is 1. The fraction of sp³-hybridized carbons (Fsp3) is 0.800. The highest BCUT2D eigenvalue weighted by Crippen LogP contribution is 2.35. The first-order valence-electron chi connectivity index (χ1n) is 8.27. The SMILES string of the molecule is COCc1nnc(NC(=O)CN2CCC3(CC2)OCCCC3O)s1. The Labute approximate surface area is 145 Å². The van der Waals surface area contributed by atoms with Crippen molar-refractivity contribution in [1.29, 1.82) is 0 Å². The molecule has 2 saturated heterocycles. The molecule has 1 aromatic heterocycles. The minimum absolute atomic E-state index is 0.101. The Hall–Kier alpha value is -1.13. The standard InChI is InChI=1S/C15H24N4O4S/c1-22-10-13-17-18-14(24-13)16-12(21)9-19-6-4-15(5-7-19)11(20)3-2-8-23-15/h11,20H,2-10H2,1H3,(H,16,18,21). The molecule has 3 heterocycles. The number of nitrogens with one attached hydrogen (secondary N) is 1. The average molecular weight is 356 g/mol. The van der Waals surface area contributed by atoms with E-state index in [0.717, 1.165) is 50.4 Å². The summed E-state index contributed by atoms with van der Waals surface area (Å²) in [6.07, 6.45) is 2.86. The van der Waals surface area contributed by atoms with E-state index in [4.69, 9.17) is 9.47 Å². The Morgan fingerprint density at radius 1 is 1.50 bits per heavy atom. The van der Waals surface area contributed by atoms with Gasteiger partial charge in [0.2, 0.25) is 11.0 Å². The Bertz CT molecular complexity index is 559. The van der Waals surface area contributed by atoms with Crippen molar-refractivity contribution in [3.05, 3.63) is 5.01 Å². The third-order valence-electron chi connectivity index (χ3n) is 4.67. The molecule has 24 heavy (non-hydrogen) atoms. The zero-order valence-electron chi connectivity index (χ0n) is 13.9. The predicted octanol–water partition coefficient (Wildman–Crippen LogP) is 0.629. The number of piperidine rings is 1. The van der Waals surface area contributed by atoms with Crippen LogP contribution in [0.1, 0.15) is 30.7 Å². The van der Waals surface area contributed by atoms with Crippen LogP contribution in [0.25, 0.3) is 0 Å². The summed E-state index contributed by atoms with van der Waals surface area (Å²) in [6, 6.07) is 0. The number of anilines is 1. The number of amides is 1. The highest BCUT2D eigenvalue weighted by atomic mass is 32.1. The lowest BCUT2D eigenvalue weighted by Gasteiger charge is -2.46. The zero-order chi connectivity index (χ0) is 17.0. The van der Waals surface area contributed by atoms with Crippen LogP contribution >= 0.6 is 11.3 Å². The Morgan fingerprint density at radius 3 is 3.00 bits per heavy atom. The molecule has 0 aromatic carbocycles. The van der Waals surface area contributed by atoms with E-state index in [1.165, 1.54) is 11.3 Å². The van der Waals surface area contributed by atoms with Crippen molar-refractivity contribution >= 4 is 22.4 Å². The molecule has 9 heteroatoms. The Morgan fingerprint density at radius 2 is 2.29 bits per heavy atom. The van der Waals surface area contributed by atoms with Crippen molar-refractivity contribution in [2.75, 3.05) is 38.7 Å². The molecule has 0 radical (unpaired) electrons. The number of methoxy groups -OCH3 is 1. The van der Waals surface area contributed by atoms with Gasteiger partial charge in [-0.3, -0.25) is 15.0 Å². The highest BCUT2D eigenvalue weighted by molar-refractivity contribution is 7.15. The van der Waals surface area contributed by atoms with Gasteiger partial charge < -0.3 is 14.6 Å². The van der Waals surface area contributed by atoms with Crippen LogP contribution in [0.2, 0.25) is 0 Å². The van der Waals surface area contributed by atoms with Crippen molar-refractivity contribution in [3.8, 4) is 0 Å². The van der Waals surface area contributed by atoms with E-state index in [-0.39, 0.29) is 12.0 Å². The topological polar surface area (TPSA) is 96.8 Å². The normalized spacial score (nSPS) is 24.2. The number of ether oxygens (including phenoxy) is 2. The molecular weight excluding hydrogens is 332 g/mol. The average Bonchev–Trinajstić information content (AvgIpc) is 3.00. The van der Waals surface area contributed by atoms with E-state index in [9.17, 15) is 9.90 Å². The summed E-state index contributed by atoms with van der Waals surface area (Å²) in [6.45, 7) is 2.92. The van der Waals surface area contributed by atoms with E-state index in [1.54, 1.807) is 7.11 Å². The summed E-state index contributed by atoms with van der Waals surface area (Å²) < 4.78 is 10.9.